The third-order valence-corrected chi connectivity index (χ3v) is 5.31. The molecule has 1 aromatic rings. The molecule has 10 heteroatoms. The summed E-state index contributed by atoms with van der Waals surface area (Å²) in [4.78, 5) is 2.16. The van der Waals surface area contributed by atoms with Gasteiger partial charge in [-0.3, -0.25) is 4.90 Å². The minimum Gasteiger partial charge on any atom is -0.358 e. The summed E-state index contributed by atoms with van der Waals surface area (Å²) in [5, 5.41) is 5.55. The molecule has 0 radical (unpaired) electrons. The van der Waals surface area contributed by atoms with Gasteiger partial charge in [0.15, 0.2) is 5.11 Å². The third kappa shape index (κ3) is 7.24. The summed E-state index contributed by atoms with van der Waals surface area (Å²) >= 11 is 5.22. The normalized spacial score (nSPS) is 19.7. The van der Waals surface area contributed by atoms with Gasteiger partial charge < -0.3 is 10.6 Å². The number of thiocarbonyl (C=S) groups is 1. The van der Waals surface area contributed by atoms with Crippen molar-refractivity contribution in [3.63, 3.8) is 0 Å². The summed E-state index contributed by atoms with van der Waals surface area (Å²) in [5.41, 5.74) is -3.17. The molecule has 172 valence electrons. The molecule has 0 unspecified atom stereocenters. The molecule has 2 rings (SSSR count). The number of hydrogen-bond acceptors (Lipinski definition) is 2. The number of benzene rings is 1. The van der Waals surface area contributed by atoms with Crippen LogP contribution in [0.4, 0.5) is 32.0 Å². The molecule has 0 aliphatic heterocycles. The SMILES string of the molecule is C=CCN(CC=C)[C@@H]1CCCC[C@H]1NC(=S)Nc1cc(C(F)(F)F)cc(C(F)(F)F)c1. The van der Waals surface area contributed by atoms with E-state index in [-0.39, 0.29) is 28.9 Å². The maximum atomic E-state index is 13.1. The summed E-state index contributed by atoms with van der Waals surface area (Å²) in [6, 6.07) is 1.28. The molecule has 0 saturated heterocycles. The van der Waals surface area contributed by atoms with Gasteiger partial charge >= 0.3 is 12.4 Å². The molecule has 2 N–H and O–H groups in total. The van der Waals surface area contributed by atoms with Gasteiger partial charge in [0.1, 0.15) is 0 Å². The van der Waals surface area contributed by atoms with Gasteiger partial charge in [-0.1, -0.05) is 25.0 Å². The minimum atomic E-state index is -4.92. The van der Waals surface area contributed by atoms with Crippen LogP contribution >= 0.6 is 12.2 Å². The van der Waals surface area contributed by atoms with Gasteiger partial charge in [0.2, 0.25) is 0 Å². The van der Waals surface area contributed by atoms with E-state index in [1.165, 1.54) is 0 Å². The molecule has 2 atom stereocenters. The largest absolute Gasteiger partial charge is 0.416 e. The molecule has 1 saturated carbocycles. The van der Waals surface area contributed by atoms with E-state index in [9.17, 15) is 26.3 Å². The minimum absolute atomic E-state index is 0.0264. The molecule has 1 aliphatic carbocycles. The van der Waals surface area contributed by atoms with Crippen LogP contribution in [0.2, 0.25) is 0 Å². The van der Waals surface area contributed by atoms with Crippen molar-refractivity contribution >= 4 is 23.0 Å². The van der Waals surface area contributed by atoms with E-state index in [1.54, 1.807) is 12.2 Å². The van der Waals surface area contributed by atoms with Crippen LogP contribution in [0.15, 0.2) is 43.5 Å². The monoisotopic (exact) mass is 465 g/mol. The second-order valence-electron chi connectivity index (χ2n) is 7.38. The van der Waals surface area contributed by atoms with Crippen molar-refractivity contribution in [2.45, 2.75) is 50.1 Å². The molecule has 1 aromatic carbocycles. The summed E-state index contributed by atoms with van der Waals surface area (Å²) < 4.78 is 78.4. The average molecular weight is 466 g/mol. The molecular formula is C21H25F6N3S. The zero-order valence-electron chi connectivity index (χ0n) is 16.8. The van der Waals surface area contributed by atoms with E-state index in [4.69, 9.17) is 12.2 Å². The lowest BCUT2D eigenvalue weighted by Crippen LogP contribution is -2.54. The number of alkyl halides is 6. The fourth-order valence-corrected chi connectivity index (χ4v) is 4.03. The average Bonchev–Trinajstić information content (AvgIpc) is 2.66. The first kappa shape index (κ1) is 25.2. The topological polar surface area (TPSA) is 27.3 Å². The van der Waals surface area contributed by atoms with Crippen LogP contribution in [-0.2, 0) is 12.4 Å². The van der Waals surface area contributed by atoms with Crippen molar-refractivity contribution in [1.29, 1.82) is 0 Å². The van der Waals surface area contributed by atoms with Crippen molar-refractivity contribution in [1.82, 2.24) is 10.2 Å². The predicted molar refractivity (Wildman–Crippen MR) is 114 cm³/mol. The molecule has 3 nitrogen and oxygen atoms in total. The predicted octanol–water partition coefficient (Wildman–Crippen LogP) is 6.00. The van der Waals surface area contributed by atoms with Crippen LogP contribution in [0.5, 0.6) is 0 Å². The van der Waals surface area contributed by atoms with Crippen LogP contribution in [0.25, 0.3) is 0 Å². The Bertz CT molecular complexity index is 748. The summed E-state index contributed by atoms with van der Waals surface area (Å²) in [7, 11) is 0. The fourth-order valence-electron chi connectivity index (χ4n) is 3.76. The summed E-state index contributed by atoms with van der Waals surface area (Å²) in [5.74, 6) is 0. The second kappa shape index (κ2) is 10.5. The highest BCUT2D eigenvalue weighted by molar-refractivity contribution is 7.80. The summed E-state index contributed by atoms with van der Waals surface area (Å²) in [6.45, 7) is 8.76. The van der Waals surface area contributed by atoms with Crippen LogP contribution in [0.3, 0.4) is 0 Å². The van der Waals surface area contributed by atoms with Crippen LogP contribution in [-0.4, -0.2) is 35.2 Å². The van der Waals surface area contributed by atoms with E-state index in [2.05, 4.69) is 28.7 Å². The Morgan fingerprint density at radius 3 is 1.97 bits per heavy atom. The van der Waals surface area contributed by atoms with Gasteiger partial charge in [-0.15, -0.1) is 13.2 Å². The number of nitrogens with zero attached hydrogens (tertiary/aromatic N) is 1. The van der Waals surface area contributed by atoms with E-state index in [0.29, 0.717) is 25.2 Å². The molecule has 31 heavy (non-hydrogen) atoms. The molecule has 1 fully saturated rings. The van der Waals surface area contributed by atoms with Gasteiger partial charge in [-0.05, 0) is 43.3 Å². The maximum Gasteiger partial charge on any atom is 0.416 e. The number of rotatable bonds is 7. The molecule has 1 aliphatic rings. The van der Waals surface area contributed by atoms with Crippen molar-refractivity contribution in [2.75, 3.05) is 18.4 Å². The molecule has 0 amide bonds. The van der Waals surface area contributed by atoms with E-state index < -0.39 is 23.5 Å². The number of hydrogen-bond donors (Lipinski definition) is 2. The van der Waals surface area contributed by atoms with E-state index in [0.717, 1.165) is 25.7 Å². The van der Waals surface area contributed by atoms with E-state index in [1.807, 2.05) is 0 Å². The summed E-state index contributed by atoms with van der Waals surface area (Å²) in [6.07, 6.45) is -2.70. The number of nitrogens with one attached hydrogen (secondary N) is 2. The first-order chi connectivity index (χ1) is 14.5. The molecular weight excluding hydrogens is 440 g/mol. The lowest BCUT2D eigenvalue weighted by molar-refractivity contribution is -0.143. The molecule has 0 aromatic heterocycles. The van der Waals surface area contributed by atoms with Crippen LogP contribution in [0.1, 0.15) is 36.8 Å². The highest BCUT2D eigenvalue weighted by Crippen LogP contribution is 2.37. The Morgan fingerprint density at radius 2 is 1.48 bits per heavy atom. The Kier molecular flexibility index (Phi) is 8.53. The van der Waals surface area contributed by atoms with Gasteiger partial charge in [0.05, 0.1) is 11.1 Å². The Labute approximate surface area is 183 Å². The van der Waals surface area contributed by atoms with Gasteiger partial charge in [-0.2, -0.15) is 26.3 Å². The molecule has 0 spiro atoms. The van der Waals surface area contributed by atoms with Crippen LogP contribution in [0, 0.1) is 0 Å². The zero-order chi connectivity index (χ0) is 23.2. The maximum absolute atomic E-state index is 13.1. The molecule has 0 bridgehead atoms. The number of anilines is 1. The fraction of sp³-hybridized carbons (Fsp3) is 0.476. The Balaban J connectivity index is 2.20. The van der Waals surface area contributed by atoms with Crippen molar-refractivity contribution in [2.24, 2.45) is 0 Å². The first-order valence-electron chi connectivity index (χ1n) is 9.78. The smallest absolute Gasteiger partial charge is 0.358 e. The lowest BCUT2D eigenvalue weighted by Gasteiger charge is -2.40. The Morgan fingerprint density at radius 1 is 0.968 bits per heavy atom. The van der Waals surface area contributed by atoms with Crippen molar-refractivity contribution in [3.8, 4) is 0 Å². The quantitative estimate of drug-likeness (QED) is 0.294. The lowest BCUT2D eigenvalue weighted by atomic mass is 9.89. The highest BCUT2D eigenvalue weighted by atomic mass is 32.1. The van der Waals surface area contributed by atoms with Crippen LogP contribution < -0.4 is 10.6 Å². The first-order valence-corrected chi connectivity index (χ1v) is 10.2. The number of halogens is 6. The third-order valence-electron chi connectivity index (χ3n) is 5.09. The van der Waals surface area contributed by atoms with Gasteiger partial charge in [-0.25, -0.2) is 0 Å². The second-order valence-corrected chi connectivity index (χ2v) is 7.79. The van der Waals surface area contributed by atoms with Crippen molar-refractivity contribution < 1.29 is 26.3 Å². The standard InChI is InChI=1S/C21H25F6N3S/c1-3-9-30(10-4-2)18-8-6-5-7-17(18)29-19(31)28-16-12-14(20(22,23)24)11-15(13-16)21(25,26)27/h3-4,11-13,17-18H,1-2,5-10H2,(H2,28,29,31)/t17-,18-/m1/s1. The Hall–Kier alpha value is -2.07. The van der Waals surface area contributed by atoms with Gasteiger partial charge in [0, 0.05) is 30.9 Å². The molecule has 0 heterocycles. The van der Waals surface area contributed by atoms with E-state index >= 15 is 0 Å². The van der Waals surface area contributed by atoms with Crippen molar-refractivity contribution in [3.05, 3.63) is 54.6 Å². The highest BCUT2D eigenvalue weighted by Gasteiger charge is 2.37. The zero-order valence-corrected chi connectivity index (χ0v) is 17.6. The van der Waals surface area contributed by atoms with Gasteiger partial charge in [0.25, 0.3) is 0 Å².